The van der Waals surface area contributed by atoms with Gasteiger partial charge in [-0.1, -0.05) is 6.92 Å². The molecule has 0 spiro atoms. The van der Waals surface area contributed by atoms with E-state index in [1.807, 2.05) is 6.92 Å². The first kappa shape index (κ1) is 15.7. The van der Waals surface area contributed by atoms with Gasteiger partial charge in [-0.05, 0) is 37.1 Å². The molecule has 0 saturated heterocycles. The van der Waals surface area contributed by atoms with Gasteiger partial charge in [-0.3, -0.25) is 4.79 Å². The molecule has 0 bridgehead atoms. The third-order valence-electron chi connectivity index (χ3n) is 3.48. The Morgan fingerprint density at radius 1 is 1.15 bits per heavy atom. The first-order chi connectivity index (χ1) is 9.57. The van der Waals surface area contributed by atoms with E-state index < -0.39 is 5.41 Å². The van der Waals surface area contributed by atoms with Crippen LogP contribution in [0.15, 0.2) is 24.3 Å². The van der Waals surface area contributed by atoms with Crippen LogP contribution in [0.4, 0.5) is 0 Å². The summed E-state index contributed by atoms with van der Waals surface area (Å²) < 4.78 is 5.07. The van der Waals surface area contributed by atoms with Crippen molar-refractivity contribution in [2.24, 2.45) is 5.41 Å². The number of benzene rings is 1. The van der Waals surface area contributed by atoms with Crippen molar-refractivity contribution in [3.8, 4) is 17.9 Å². The summed E-state index contributed by atoms with van der Waals surface area (Å²) in [5.41, 5.74) is -0.0794. The van der Waals surface area contributed by atoms with Gasteiger partial charge in [-0.25, -0.2) is 0 Å². The first-order valence-electron chi connectivity index (χ1n) is 6.50. The summed E-state index contributed by atoms with van der Waals surface area (Å²) in [6.45, 7) is 1.83. The van der Waals surface area contributed by atoms with E-state index in [2.05, 4.69) is 12.1 Å². The number of ketones is 1. The maximum atomic E-state index is 12.6. The lowest BCUT2D eigenvalue weighted by molar-refractivity contribution is 0.0791. The summed E-state index contributed by atoms with van der Waals surface area (Å²) in [5, 5.41) is 17.5. The quantitative estimate of drug-likeness (QED) is 0.711. The molecule has 0 saturated carbocycles. The molecule has 4 nitrogen and oxygen atoms in total. The minimum atomic E-state index is -0.667. The van der Waals surface area contributed by atoms with Crippen molar-refractivity contribution < 1.29 is 9.53 Å². The molecule has 0 aliphatic rings. The Bertz CT molecular complexity index is 517. The highest BCUT2D eigenvalue weighted by Crippen LogP contribution is 2.33. The fraction of sp³-hybridized carbons (Fsp3) is 0.438. The van der Waals surface area contributed by atoms with Gasteiger partial charge in [0, 0.05) is 23.8 Å². The summed E-state index contributed by atoms with van der Waals surface area (Å²) in [6.07, 6.45) is 1.56. The largest absolute Gasteiger partial charge is 0.497 e. The van der Waals surface area contributed by atoms with Crippen LogP contribution in [-0.4, -0.2) is 12.9 Å². The average molecular weight is 270 g/mol. The van der Waals surface area contributed by atoms with Crippen molar-refractivity contribution in [2.75, 3.05) is 7.11 Å². The second-order valence-corrected chi connectivity index (χ2v) is 4.93. The fourth-order valence-corrected chi connectivity index (χ4v) is 2.11. The molecule has 0 atom stereocenters. The molecule has 0 aromatic heterocycles. The monoisotopic (exact) mass is 270 g/mol. The molecule has 0 heterocycles. The number of rotatable bonds is 7. The van der Waals surface area contributed by atoms with Crippen molar-refractivity contribution in [1.29, 1.82) is 10.5 Å². The number of carbonyl (C=O) groups is 1. The number of ether oxygens (including phenoxy) is 1. The summed E-state index contributed by atoms with van der Waals surface area (Å²) in [6, 6.07) is 11.1. The molecule has 0 unspecified atom stereocenters. The van der Waals surface area contributed by atoms with Gasteiger partial charge >= 0.3 is 0 Å². The highest BCUT2D eigenvalue weighted by molar-refractivity contribution is 6.00. The van der Waals surface area contributed by atoms with Gasteiger partial charge in [0.2, 0.25) is 0 Å². The van der Waals surface area contributed by atoms with Crippen molar-refractivity contribution in [1.82, 2.24) is 0 Å². The highest BCUT2D eigenvalue weighted by Gasteiger charge is 2.33. The van der Waals surface area contributed by atoms with E-state index in [1.165, 1.54) is 0 Å². The summed E-state index contributed by atoms with van der Waals surface area (Å²) >= 11 is 0. The van der Waals surface area contributed by atoms with Crippen LogP contribution in [0.5, 0.6) is 5.75 Å². The van der Waals surface area contributed by atoms with Crippen LogP contribution in [0.1, 0.15) is 43.0 Å². The zero-order chi connectivity index (χ0) is 15.0. The third kappa shape index (κ3) is 3.83. The second-order valence-electron chi connectivity index (χ2n) is 4.93. The smallest absolute Gasteiger partial charge is 0.168 e. The molecule has 0 amide bonds. The Balaban J connectivity index is 2.96. The molecule has 0 aliphatic heterocycles. The molecule has 0 aliphatic carbocycles. The van der Waals surface area contributed by atoms with Gasteiger partial charge in [0.05, 0.1) is 19.2 Å². The number of nitriles is 2. The predicted molar refractivity (Wildman–Crippen MR) is 75.1 cm³/mol. The van der Waals surface area contributed by atoms with Crippen LogP contribution in [0.25, 0.3) is 0 Å². The second kappa shape index (κ2) is 7.31. The minimum absolute atomic E-state index is 0.0225. The van der Waals surface area contributed by atoms with E-state index >= 15 is 0 Å². The van der Waals surface area contributed by atoms with Gasteiger partial charge in [-0.2, -0.15) is 10.5 Å². The number of methoxy groups -OCH3 is 1. The number of nitrogens with zero attached hydrogens (tertiary/aromatic N) is 2. The maximum Gasteiger partial charge on any atom is 0.168 e. The van der Waals surface area contributed by atoms with Gasteiger partial charge in [0.15, 0.2) is 5.78 Å². The molecular formula is C16H18N2O2. The molecule has 1 rings (SSSR count). The Morgan fingerprint density at radius 3 is 2.05 bits per heavy atom. The molecule has 1 aromatic carbocycles. The van der Waals surface area contributed by atoms with Crippen molar-refractivity contribution in [2.45, 2.75) is 32.6 Å². The fourth-order valence-electron chi connectivity index (χ4n) is 2.11. The molecule has 104 valence electrons. The maximum absolute atomic E-state index is 12.6. The van der Waals surface area contributed by atoms with Gasteiger partial charge in [-0.15, -0.1) is 0 Å². The van der Waals surface area contributed by atoms with Crippen LogP contribution in [0, 0.1) is 28.1 Å². The van der Waals surface area contributed by atoms with Crippen LogP contribution in [-0.2, 0) is 0 Å². The summed E-state index contributed by atoms with van der Waals surface area (Å²) in [7, 11) is 1.57. The molecule has 20 heavy (non-hydrogen) atoms. The average Bonchev–Trinajstić information content (AvgIpc) is 2.50. The van der Waals surface area contributed by atoms with Gasteiger partial charge in [0.25, 0.3) is 0 Å². The van der Waals surface area contributed by atoms with E-state index in [9.17, 15) is 4.79 Å². The topological polar surface area (TPSA) is 73.9 Å². The van der Waals surface area contributed by atoms with E-state index in [1.54, 1.807) is 31.4 Å². The third-order valence-corrected chi connectivity index (χ3v) is 3.48. The van der Waals surface area contributed by atoms with Gasteiger partial charge in [0.1, 0.15) is 5.75 Å². The zero-order valence-electron chi connectivity index (χ0n) is 11.8. The van der Waals surface area contributed by atoms with Crippen LogP contribution < -0.4 is 4.74 Å². The van der Waals surface area contributed by atoms with Crippen LogP contribution >= 0.6 is 0 Å². The predicted octanol–water partition coefficient (Wildman–Crippen LogP) is 3.49. The van der Waals surface area contributed by atoms with E-state index in [0.29, 0.717) is 37.0 Å². The normalized spacial score (nSPS) is 10.4. The van der Waals surface area contributed by atoms with Crippen molar-refractivity contribution in [3.05, 3.63) is 29.8 Å². The summed E-state index contributed by atoms with van der Waals surface area (Å²) in [5.74, 6) is 0.669. The first-order valence-corrected chi connectivity index (χ1v) is 6.50. The standard InChI is InChI=1S/C16H18N2O2/c1-16(9-3-11-17,10-4-12-18)15(19)13-5-7-14(20-2)8-6-13/h5-8H,3-4,9-10H2,1-2H3. The number of Topliss-reactive ketones (excluding diaryl/α,β-unsaturated/α-hetero) is 1. The van der Waals surface area contributed by atoms with Crippen LogP contribution in [0.3, 0.4) is 0 Å². The number of hydrogen-bond donors (Lipinski definition) is 0. The van der Waals surface area contributed by atoms with E-state index in [4.69, 9.17) is 15.3 Å². The van der Waals surface area contributed by atoms with Crippen LogP contribution in [0.2, 0.25) is 0 Å². The van der Waals surface area contributed by atoms with E-state index in [0.717, 1.165) is 0 Å². The lowest BCUT2D eigenvalue weighted by atomic mass is 9.75. The molecule has 4 heteroatoms. The minimum Gasteiger partial charge on any atom is -0.497 e. The Hall–Kier alpha value is -2.33. The summed E-state index contributed by atoms with van der Waals surface area (Å²) in [4.78, 5) is 12.6. The number of carbonyl (C=O) groups excluding carboxylic acids is 1. The lowest BCUT2D eigenvalue weighted by Gasteiger charge is -2.26. The zero-order valence-corrected chi connectivity index (χ0v) is 11.8. The molecule has 1 aromatic rings. The lowest BCUT2D eigenvalue weighted by Crippen LogP contribution is -2.28. The molecule has 0 radical (unpaired) electrons. The Morgan fingerprint density at radius 2 is 1.65 bits per heavy atom. The molecular weight excluding hydrogens is 252 g/mol. The highest BCUT2D eigenvalue weighted by atomic mass is 16.5. The van der Waals surface area contributed by atoms with Crippen molar-refractivity contribution >= 4 is 5.78 Å². The number of hydrogen-bond acceptors (Lipinski definition) is 4. The Labute approximate surface area is 119 Å². The molecule has 0 N–H and O–H groups in total. The Kier molecular flexibility index (Phi) is 5.74. The molecule has 0 fully saturated rings. The van der Waals surface area contributed by atoms with Gasteiger partial charge < -0.3 is 4.74 Å². The van der Waals surface area contributed by atoms with Crippen molar-refractivity contribution in [3.63, 3.8) is 0 Å². The SMILES string of the molecule is COc1ccc(C(=O)C(C)(CCC#N)CCC#N)cc1. The van der Waals surface area contributed by atoms with E-state index in [-0.39, 0.29) is 5.78 Å².